The highest BCUT2D eigenvalue weighted by atomic mass is 16.6. The number of tetrazole rings is 1. The molecule has 1 N–H and O–H groups in total. The predicted molar refractivity (Wildman–Crippen MR) is 62.3 cm³/mol. The molecule has 0 bridgehead atoms. The van der Waals surface area contributed by atoms with Crippen molar-refractivity contribution >= 4 is 16.7 Å². The molecule has 0 aliphatic rings. The summed E-state index contributed by atoms with van der Waals surface area (Å²) in [6.07, 6.45) is 0. The van der Waals surface area contributed by atoms with Crippen LogP contribution in [0.15, 0.2) is 33.5 Å². The van der Waals surface area contributed by atoms with Crippen molar-refractivity contribution in [1.29, 1.82) is 0 Å². The Bertz CT molecular complexity index is 824. The van der Waals surface area contributed by atoms with Crippen LogP contribution in [-0.2, 0) is 0 Å². The maximum atomic E-state index is 11.9. The molecule has 0 amide bonds. The minimum Gasteiger partial charge on any atom is -0.452 e. The van der Waals surface area contributed by atoms with E-state index >= 15 is 0 Å². The molecule has 9 heteroatoms. The van der Waals surface area contributed by atoms with Crippen molar-refractivity contribution in [1.82, 2.24) is 20.6 Å². The van der Waals surface area contributed by atoms with E-state index < -0.39 is 10.4 Å². The molecule has 3 aromatic rings. The molecular weight excluding hydrogens is 254 g/mol. The summed E-state index contributed by atoms with van der Waals surface area (Å²) in [5.41, 5.74) is -0.352. The van der Waals surface area contributed by atoms with Gasteiger partial charge in [0.05, 0.1) is 10.3 Å². The van der Waals surface area contributed by atoms with Gasteiger partial charge in [-0.15, -0.1) is 5.10 Å². The molecular formula is C10H5N5O4. The fraction of sp³-hybridized carbons (Fsp3) is 0. The van der Waals surface area contributed by atoms with E-state index in [1.165, 1.54) is 24.3 Å². The molecule has 0 spiro atoms. The van der Waals surface area contributed by atoms with Gasteiger partial charge in [-0.25, -0.2) is 5.10 Å². The van der Waals surface area contributed by atoms with E-state index in [1.54, 1.807) is 0 Å². The van der Waals surface area contributed by atoms with Gasteiger partial charge in [0.25, 0.3) is 5.69 Å². The average Bonchev–Trinajstić information content (AvgIpc) is 2.92. The monoisotopic (exact) mass is 259 g/mol. The molecule has 0 aliphatic carbocycles. The van der Waals surface area contributed by atoms with Crippen molar-refractivity contribution in [2.45, 2.75) is 0 Å². The van der Waals surface area contributed by atoms with E-state index in [-0.39, 0.29) is 28.2 Å². The number of fused-ring (bicyclic) bond motifs is 1. The minimum atomic E-state index is -0.576. The lowest BCUT2D eigenvalue weighted by Crippen LogP contribution is -2.01. The highest BCUT2D eigenvalue weighted by molar-refractivity contribution is 5.80. The standard InChI is InChI=1S/C10H5N5O4/c16-7-4-9(10-11-13-14-12-10)19-8-2-1-5(15(17)18)3-6(7)8/h1-4H,(H,11,12,13,14). The van der Waals surface area contributed by atoms with E-state index in [0.29, 0.717) is 0 Å². The second kappa shape index (κ2) is 3.98. The summed E-state index contributed by atoms with van der Waals surface area (Å²) in [5, 5.41) is 23.6. The van der Waals surface area contributed by atoms with Gasteiger partial charge >= 0.3 is 0 Å². The maximum absolute atomic E-state index is 11.9. The first-order valence-electron chi connectivity index (χ1n) is 5.11. The topological polar surface area (TPSA) is 128 Å². The Kier molecular flexibility index (Phi) is 2.31. The number of non-ortho nitro benzene ring substituents is 1. The van der Waals surface area contributed by atoms with Gasteiger partial charge in [0.15, 0.2) is 11.2 Å². The number of nitro benzene ring substituents is 1. The van der Waals surface area contributed by atoms with Crippen LogP contribution in [0.4, 0.5) is 5.69 Å². The summed E-state index contributed by atoms with van der Waals surface area (Å²) in [7, 11) is 0. The fourth-order valence-electron chi connectivity index (χ4n) is 1.64. The quantitative estimate of drug-likeness (QED) is 0.534. The summed E-state index contributed by atoms with van der Waals surface area (Å²) >= 11 is 0. The lowest BCUT2D eigenvalue weighted by atomic mass is 10.2. The van der Waals surface area contributed by atoms with Gasteiger partial charge in [-0.3, -0.25) is 14.9 Å². The molecule has 0 saturated carbocycles. The number of nitro groups is 1. The van der Waals surface area contributed by atoms with Crippen LogP contribution in [0.25, 0.3) is 22.6 Å². The zero-order chi connectivity index (χ0) is 13.4. The number of H-pyrrole nitrogens is 1. The number of nitrogens with one attached hydrogen (secondary N) is 1. The highest BCUT2D eigenvalue weighted by Gasteiger charge is 2.13. The van der Waals surface area contributed by atoms with Gasteiger partial charge in [-0.05, 0) is 16.5 Å². The number of hydrogen-bond donors (Lipinski definition) is 1. The van der Waals surface area contributed by atoms with E-state index in [1.807, 2.05) is 0 Å². The summed E-state index contributed by atoms with van der Waals surface area (Å²) in [4.78, 5) is 22.0. The van der Waals surface area contributed by atoms with Crippen molar-refractivity contribution in [3.05, 3.63) is 44.6 Å². The third-order valence-corrected chi connectivity index (χ3v) is 2.50. The Labute approximate surface area is 104 Å². The van der Waals surface area contributed by atoms with Crippen molar-refractivity contribution in [3.63, 3.8) is 0 Å². The number of nitrogens with zero attached hydrogens (tertiary/aromatic N) is 4. The number of aromatic nitrogens is 4. The summed E-state index contributed by atoms with van der Waals surface area (Å²) in [6.45, 7) is 0. The van der Waals surface area contributed by atoms with Crippen LogP contribution in [0.5, 0.6) is 0 Å². The Hall–Kier alpha value is -3.10. The Morgan fingerprint density at radius 1 is 1.32 bits per heavy atom. The minimum absolute atomic E-state index is 0.130. The average molecular weight is 259 g/mol. The highest BCUT2D eigenvalue weighted by Crippen LogP contribution is 2.22. The van der Waals surface area contributed by atoms with Crippen LogP contribution in [0.2, 0.25) is 0 Å². The molecule has 0 saturated heterocycles. The van der Waals surface area contributed by atoms with E-state index in [4.69, 9.17) is 4.42 Å². The SMILES string of the molecule is O=c1cc(-c2nnn[nH]2)oc2ccc([N+](=O)[O-])cc12. The molecule has 3 rings (SSSR count). The number of rotatable bonds is 2. The molecule has 2 aromatic heterocycles. The van der Waals surface area contributed by atoms with E-state index in [2.05, 4.69) is 20.6 Å². The van der Waals surface area contributed by atoms with Gasteiger partial charge in [-0.2, -0.15) is 0 Å². The summed E-state index contributed by atoms with van der Waals surface area (Å²) < 4.78 is 5.43. The normalized spacial score (nSPS) is 10.7. The maximum Gasteiger partial charge on any atom is 0.270 e. The van der Waals surface area contributed by atoms with Crippen LogP contribution in [0.3, 0.4) is 0 Å². The molecule has 0 atom stereocenters. The molecule has 0 radical (unpaired) electrons. The lowest BCUT2D eigenvalue weighted by Gasteiger charge is -1.99. The first-order valence-corrected chi connectivity index (χ1v) is 5.11. The molecule has 0 unspecified atom stereocenters. The van der Waals surface area contributed by atoms with E-state index in [9.17, 15) is 14.9 Å². The fourth-order valence-corrected chi connectivity index (χ4v) is 1.64. The molecule has 0 aliphatic heterocycles. The van der Waals surface area contributed by atoms with Crippen LogP contribution in [0.1, 0.15) is 0 Å². The van der Waals surface area contributed by atoms with Crippen molar-refractivity contribution in [2.24, 2.45) is 0 Å². The zero-order valence-electron chi connectivity index (χ0n) is 9.23. The van der Waals surface area contributed by atoms with Crippen LogP contribution >= 0.6 is 0 Å². The summed E-state index contributed by atoms with van der Waals surface area (Å²) in [5.74, 6) is 0.369. The van der Waals surface area contributed by atoms with Crippen LogP contribution in [-0.4, -0.2) is 25.5 Å². The predicted octanol–water partition coefficient (Wildman–Crippen LogP) is 0.881. The van der Waals surface area contributed by atoms with Gasteiger partial charge in [0.2, 0.25) is 5.82 Å². The van der Waals surface area contributed by atoms with Gasteiger partial charge in [0, 0.05) is 18.2 Å². The van der Waals surface area contributed by atoms with Crippen LogP contribution < -0.4 is 5.43 Å². The largest absolute Gasteiger partial charge is 0.452 e. The smallest absolute Gasteiger partial charge is 0.270 e. The zero-order valence-corrected chi connectivity index (χ0v) is 9.23. The molecule has 2 heterocycles. The van der Waals surface area contributed by atoms with Crippen LogP contribution in [0, 0.1) is 10.1 Å². The van der Waals surface area contributed by atoms with Crippen molar-refractivity contribution in [2.75, 3.05) is 0 Å². The van der Waals surface area contributed by atoms with Crippen molar-refractivity contribution < 1.29 is 9.34 Å². The van der Waals surface area contributed by atoms with Crippen molar-refractivity contribution in [3.8, 4) is 11.6 Å². The molecule has 19 heavy (non-hydrogen) atoms. The first-order chi connectivity index (χ1) is 9.15. The molecule has 0 fully saturated rings. The molecule has 9 nitrogen and oxygen atoms in total. The second-order valence-corrected chi connectivity index (χ2v) is 3.66. The second-order valence-electron chi connectivity index (χ2n) is 3.66. The third-order valence-electron chi connectivity index (χ3n) is 2.50. The lowest BCUT2D eigenvalue weighted by molar-refractivity contribution is -0.384. The van der Waals surface area contributed by atoms with Gasteiger partial charge in [-0.1, -0.05) is 0 Å². The number of benzene rings is 1. The number of aromatic amines is 1. The van der Waals surface area contributed by atoms with Gasteiger partial charge in [0.1, 0.15) is 5.58 Å². The Morgan fingerprint density at radius 2 is 2.16 bits per heavy atom. The summed E-state index contributed by atoms with van der Waals surface area (Å²) in [6, 6.07) is 4.97. The van der Waals surface area contributed by atoms with E-state index in [0.717, 1.165) is 0 Å². The first kappa shape index (κ1) is 11.0. The Morgan fingerprint density at radius 3 is 2.84 bits per heavy atom. The van der Waals surface area contributed by atoms with Gasteiger partial charge < -0.3 is 4.42 Å². The molecule has 1 aromatic carbocycles. The Balaban J connectivity index is 2.26. The number of hydrogen-bond acceptors (Lipinski definition) is 7. The molecule has 94 valence electrons. The third kappa shape index (κ3) is 1.82.